The van der Waals surface area contributed by atoms with Crippen molar-refractivity contribution < 1.29 is 19.4 Å². The van der Waals surface area contributed by atoms with Gasteiger partial charge in [0.1, 0.15) is 11.9 Å². The van der Waals surface area contributed by atoms with Crippen LogP contribution in [0.2, 0.25) is 0 Å². The number of carbonyl (C=O) groups is 2. The molecule has 4 nitrogen and oxygen atoms in total. The van der Waals surface area contributed by atoms with Gasteiger partial charge in [-0.25, -0.2) is 0 Å². The van der Waals surface area contributed by atoms with Crippen LogP contribution in [0, 0.1) is 29.6 Å². The molecule has 0 aromatic heterocycles. The van der Waals surface area contributed by atoms with Crippen LogP contribution < -0.4 is 0 Å². The van der Waals surface area contributed by atoms with E-state index in [4.69, 9.17) is 4.74 Å². The topological polar surface area (TPSA) is 63.6 Å². The molecule has 138 valence electrons. The van der Waals surface area contributed by atoms with Crippen molar-refractivity contribution in [1.82, 2.24) is 0 Å². The number of rotatable bonds is 9. The minimum Gasteiger partial charge on any atom is -0.461 e. The average Bonchev–Trinajstić information content (AvgIpc) is 2.55. The van der Waals surface area contributed by atoms with Gasteiger partial charge in [0.05, 0.1) is 12.0 Å². The molecule has 0 radical (unpaired) electrons. The van der Waals surface area contributed by atoms with Crippen molar-refractivity contribution in [2.24, 2.45) is 29.6 Å². The minimum atomic E-state index is -0.590. The van der Waals surface area contributed by atoms with Crippen molar-refractivity contribution in [3.63, 3.8) is 0 Å². The monoisotopic (exact) mass is 338 g/mol. The van der Waals surface area contributed by atoms with E-state index >= 15 is 0 Å². The Labute approximate surface area is 146 Å². The maximum absolute atomic E-state index is 12.5. The predicted molar refractivity (Wildman–Crippen MR) is 95.4 cm³/mol. The third-order valence-corrected chi connectivity index (χ3v) is 5.49. The first-order valence-corrected chi connectivity index (χ1v) is 9.19. The molecule has 0 saturated carbocycles. The number of esters is 1. The van der Waals surface area contributed by atoms with Crippen LogP contribution in [0.3, 0.4) is 0 Å². The summed E-state index contributed by atoms with van der Waals surface area (Å²) in [5, 5.41) is 10.3. The van der Waals surface area contributed by atoms with E-state index in [2.05, 4.69) is 6.92 Å². The van der Waals surface area contributed by atoms with Gasteiger partial charge < -0.3 is 9.84 Å². The number of aliphatic hydroxyl groups is 1. The Balaban J connectivity index is 2.60. The van der Waals surface area contributed by atoms with Crippen LogP contribution >= 0.6 is 0 Å². The second-order valence-corrected chi connectivity index (χ2v) is 7.74. The molecule has 0 aromatic carbocycles. The maximum atomic E-state index is 12.5. The molecule has 0 amide bonds. The molecule has 0 aliphatic carbocycles. The van der Waals surface area contributed by atoms with Crippen molar-refractivity contribution in [3.8, 4) is 0 Å². The number of ketones is 1. The Morgan fingerprint density at radius 1 is 1.29 bits per heavy atom. The van der Waals surface area contributed by atoms with E-state index < -0.39 is 6.10 Å². The summed E-state index contributed by atoms with van der Waals surface area (Å²) in [5.41, 5.74) is 1.13. The molecule has 1 fully saturated rings. The predicted octanol–water partition coefficient (Wildman–Crippen LogP) is 3.77. The summed E-state index contributed by atoms with van der Waals surface area (Å²) in [6.07, 6.45) is 3.05. The number of aliphatic hydroxyl groups excluding tert-OH is 1. The fourth-order valence-corrected chi connectivity index (χ4v) is 3.53. The minimum absolute atomic E-state index is 0.0157. The molecule has 7 atom stereocenters. The molecule has 1 rings (SSSR count). The lowest BCUT2D eigenvalue weighted by Gasteiger charge is -2.37. The third-order valence-electron chi connectivity index (χ3n) is 5.49. The first kappa shape index (κ1) is 20.9. The summed E-state index contributed by atoms with van der Waals surface area (Å²) in [7, 11) is 0. The summed E-state index contributed by atoms with van der Waals surface area (Å²) in [6.45, 7) is 13.7. The number of allylic oxidation sites excluding steroid dienone is 2. The van der Waals surface area contributed by atoms with E-state index in [0.717, 1.165) is 18.4 Å². The number of hydrogen-bond donors (Lipinski definition) is 1. The van der Waals surface area contributed by atoms with Gasteiger partial charge in [-0.05, 0) is 32.1 Å². The fraction of sp³-hybridized carbons (Fsp3) is 0.800. The van der Waals surface area contributed by atoms with Crippen molar-refractivity contribution in [2.45, 2.75) is 73.5 Å². The van der Waals surface area contributed by atoms with Crippen LogP contribution in [-0.2, 0) is 14.3 Å². The SMILES string of the molecule is CC[C@H](C)[C@@H](O)[C@@H](C)C(=O)[C@@H](C)/C=C(\C)C[C@@H](C)[C@H]1OC(=O)[C@H]1C. The Bertz CT molecular complexity index is 482. The zero-order chi connectivity index (χ0) is 18.6. The first-order valence-electron chi connectivity index (χ1n) is 9.19. The number of ether oxygens (including phenoxy) is 1. The van der Waals surface area contributed by atoms with Crippen LogP contribution in [0.15, 0.2) is 11.6 Å². The van der Waals surface area contributed by atoms with Crippen LogP contribution in [-0.4, -0.2) is 29.1 Å². The van der Waals surface area contributed by atoms with Crippen LogP contribution in [0.1, 0.15) is 61.3 Å². The molecule has 0 spiro atoms. The van der Waals surface area contributed by atoms with E-state index in [9.17, 15) is 14.7 Å². The van der Waals surface area contributed by atoms with Crippen LogP contribution in [0.25, 0.3) is 0 Å². The number of cyclic esters (lactones) is 1. The second-order valence-electron chi connectivity index (χ2n) is 7.74. The molecular weight excluding hydrogens is 304 g/mol. The highest BCUT2D eigenvalue weighted by Crippen LogP contribution is 2.32. The van der Waals surface area contributed by atoms with E-state index in [1.54, 1.807) is 0 Å². The van der Waals surface area contributed by atoms with Crippen molar-refractivity contribution in [3.05, 3.63) is 11.6 Å². The molecule has 1 N–H and O–H groups in total. The molecule has 0 bridgehead atoms. The normalized spacial score (nSPS) is 27.5. The van der Waals surface area contributed by atoms with Gasteiger partial charge in [-0.15, -0.1) is 0 Å². The first-order chi connectivity index (χ1) is 11.1. The molecule has 1 heterocycles. The molecule has 1 aliphatic heterocycles. The van der Waals surface area contributed by atoms with Gasteiger partial charge in [-0.3, -0.25) is 9.59 Å². The molecule has 0 unspecified atom stereocenters. The smallest absolute Gasteiger partial charge is 0.312 e. The Hall–Kier alpha value is -1.16. The van der Waals surface area contributed by atoms with Crippen molar-refractivity contribution in [1.29, 1.82) is 0 Å². The Morgan fingerprint density at radius 3 is 2.33 bits per heavy atom. The Kier molecular flexibility index (Phi) is 7.65. The van der Waals surface area contributed by atoms with E-state index in [1.807, 2.05) is 47.6 Å². The summed E-state index contributed by atoms with van der Waals surface area (Å²) in [5.74, 6) is -0.271. The van der Waals surface area contributed by atoms with Crippen LogP contribution in [0.4, 0.5) is 0 Å². The average molecular weight is 338 g/mol. The van der Waals surface area contributed by atoms with Gasteiger partial charge in [0, 0.05) is 11.8 Å². The zero-order valence-electron chi connectivity index (χ0n) is 16.2. The highest BCUT2D eigenvalue weighted by Gasteiger charge is 2.41. The van der Waals surface area contributed by atoms with Gasteiger partial charge in [-0.2, -0.15) is 0 Å². The highest BCUT2D eigenvalue weighted by molar-refractivity contribution is 5.85. The molecule has 1 aliphatic rings. The third kappa shape index (κ3) is 4.92. The molecule has 1 saturated heterocycles. The summed E-state index contributed by atoms with van der Waals surface area (Å²) in [6, 6.07) is 0. The van der Waals surface area contributed by atoms with E-state index in [0.29, 0.717) is 0 Å². The van der Waals surface area contributed by atoms with Crippen molar-refractivity contribution in [2.75, 3.05) is 0 Å². The molecule has 24 heavy (non-hydrogen) atoms. The lowest BCUT2D eigenvalue weighted by Crippen LogP contribution is -2.47. The summed E-state index contributed by atoms with van der Waals surface area (Å²) in [4.78, 5) is 23.8. The number of hydrogen-bond acceptors (Lipinski definition) is 4. The van der Waals surface area contributed by atoms with Gasteiger partial charge in [-0.1, -0.05) is 52.7 Å². The standard InChI is InChI=1S/C20H34O4/c1-8-12(3)17(21)15(6)18(22)13(4)9-11(2)10-14(5)19-16(7)20(23)24-19/h9,12-17,19,21H,8,10H2,1-7H3/b11-9+/t12-,13-,14+,15+,16-,17+,19+/m0/s1. The van der Waals surface area contributed by atoms with Crippen molar-refractivity contribution >= 4 is 11.8 Å². The van der Waals surface area contributed by atoms with E-state index in [-0.39, 0.29) is 47.4 Å². The molecular formula is C20H34O4. The lowest BCUT2D eigenvalue weighted by molar-refractivity contribution is -0.188. The molecule has 0 aromatic rings. The van der Waals surface area contributed by atoms with Gasteiger partial charge in [0.15, 0.2) is 0 Å². The van der Waals surface area contributed by atoms with Gasteiger partial charge in [0.25, 0.3) is 0 Å². The fourth-order valence-electron chi connectivity index (χ4n) is 3.53. The highest BCUT2D eigenvalue weighted by atomic mass is 16.6. The quantitative estimate of drug-likeness (QED) is 0.513. The number of carbonyl (C=O) groups excluding carboxylic acids is 2. The zero-order valence-corrected chi connectivity index (χ0v) is 16.2. The maximum Gasteiger partial charge on any atom is 0.312 e. The van der Waals surface area contributed by atoms with Crippen LogP contribution in [0.5, 0.6) is 0 Å². The number of Topliss-reactive ketones (excluding diaryl/α,β-unsaturated/α-hetero) is 1. The largest absolute Gasteiger partial charge is 0.461 e. The summed E-state index contributed by atoms with van der Waals surface area (Å²) < 4.78 is 5.21. The van der Waals surface area contributed by atoms with Gasteiger partial charge in [0.2, 0.25) is 0 Å². The lowest BCUT2D eigenvalue weighted by atomic mass is 9.82. The van der Waals surface area contributed by atoms with Gasteiger partial charge >= 0.3 is 5.97 Å². The Morgan fingerprint density at radius 2 is 1.88 bits per heavy atom. The van der Waals surface area contributed by atoms with E-state index in [1.165, 1.54) is 0 Å². The second kappa shape index (κ2) is 8.80. The molecule has 4 heteroatoms. The summed E-state index contributed by atoms with van der Waals surface area (Å²) >= 11 is 0.